The quantitative estimate of drug-likeness (QED) is 0.793. The predicted octanol–water partition coefficient (Wildman–Crippen LogP) is 4.54. The molecule has 2 nitrogen and oxygen atoms in total. The summed E-state index contributed by atoms with van der Waals surface area (Å²) in [5.74, 6) is -0.535. The molecule has 0 amide bonds. The lowest BCUT2D eigenvalue weighted by molar-refractivity contribution is -0.0158. The van der Waals surface area contributed by atoms with Crippen LogP contribution in [0.1, 0.15) is 44.8 Å². The van der Waals surface area contributed by atoms with Crippen LogP contribution in [-0.2, 0) is 0 Å². The molecule has 2 unspecified atom stereocenters. The lowest BCUT2D eigenvalue weighted by atomic mass is 9.85. The van der Waals surface area contributed by atoms with E-state index >= 15 is 0 Å². The first-order chi connectivity index (χ1) is 9.41. The highest BCUT2D eigenvalue weighted by atomic mass is 79.9. The number of likely N-dealkylation sites (tertiary alicyclic amines) is 1. The van der Waals surface area contributed by atoms with Gasteiger partial charge in [0.05, 0.1) is 11.1 Å². The molecular weight excluding hydrogens is 345 g/mol. The van der Waals surface area contributed by atoms with Gasteiger partial charge in [0.1, 0.15) is 5.82 Å². The van der Waals surface area contributed by atoms with Crippen LogP contribution < -0.4 is 0 Å². The van der Waals surface area contributed by atoms with E-state index in [9.17, 15) is 9.50 Å². The Labute approximate surface area is 133 Å². The van der Waals surface area contributed by atoms with Crippen LogP contribution in [0.5, 0.6) is 0 Å². The molecule has 1 fully saturated rings. The van der Waals surface area contributed by atoms with Crippen molar-refractivity contribution in [1.29, 1.82) is 0 Å². The average Bonchev–Trinajstić information content (AvgIpc) is 2.98. The van der Waals surface area contributed by atoms with E-state index in [1.807, 2.05) is 13.8 Å². The van der Waals surface area contributed by atoms with Gasteiger partial charge in [-0.3, -0.25) is 4.90 Å². The maximum absolute atomic E-state index is 14.3. The average molecular weight is 365 g/mol. The van der Waals surface area contributed by atoms with Crippen LogP contribution in [0.4, 0.5) is 4.39 Å². The highest BCUT2D eigenvalue weighted by Crippen LogP contribution is 2.39. The second-order valence-electron chi connectivity index (χ2n) is 5.57. The van der Waals surface area contributed by atoms with E-state index in [0.29, 0.717) is 4.47 Å². The minimum atomic E-state index is -0.892. The van der Waals surface area contributed by atoms with Crippen LogP contribution in [0.25, 0.3) is 0 Å². The maximum atomic E-state index is 14.3. The first kappa shape index (κ1) is 16.2. The van der Waals surface area contributed by atoms with Gasteiger partial charge in [0, 0.05) is 15.6 Å². The normalized spacial score (nSPS) is 20.9. The summed E-state index contributed by atoms with van der Waals surface area (Å²) < 4.78 is 14.8. The van der Waals surface area contributed by atoms with Gasteiger partial charge in [-0.05, 0) is 61.3 Å². The molecule has 1 aliphatic heterocycles. The van der Waals surface area contributed by atoms with Gasteiger partial charge in [0.2, 0.25) is 0 Å². The zero-order valence-electron chi connectivity index (χ0n) is 11.8. The second kappa shape index (κ2) is 6.30. The Balaban J connectivity index is 2.38. The van der Waals surface area contributed by atoms with Gasteiger partial charge in [0.15, 0.2) is 0 Å². The van der Waals surface area contributed by atoms with Crippen molar-refractivity contribution >= 4 is 27.5 Å². The summed E-state index contributed by atoms with van der Waals surface area (Å²) in [6, 6.07) is 3.30. The molecule has 112 valence electrons. The molecule has 0 saturated carbocycles. The molecule has 0 spiro atoms. The number of aliphatic hydroxyl groups excluding tert-OH is 1. The Bertz CT molecular complexity index is 493. The van der Waals surface area contributed by atoms with Crippen LogP contribution in [0.15, 0.2) is 16.6 Å². The Kier molecular flexibility index (Phi) is 5.11. The van der Waals surface area contributed by atoms with E-state index < -0.39 is 17.5 Å². The fourth-order valence-electron chi connectivity index (χ4n) is 2.90. The van der Waals surface area contributed by atoms with E-state index in [1.165, 1.54) is 0 Å². The molecule has 1 aliphatic rings. The van der Waals surface area contributed by atoms with Gasteiger partial charge in [0.25, 0.3) is 0 Å². The maximum Gasteiger partial charge on any atom is 0.148 e. The van der Waals surface area contributed by atoms with Crippen molar-refractivity contribution in [2.45, 2.75) is 44.8 Å². The Morgan fingerprint density at radius 1 is 1.45 bits per heavy atom. The molecule has 0 radical (unpaired) electrons. The van der Waals surface area contributed by atoms with E-state index in [0.717, 1.165) is 32.4 Å². The van der Waals surface area contributed by atoms with Gasteiger partial charge in [-0.25, -0.2) is 4.39 Å². The minimum absolute atomic E-state index is 0.0291. The fourth-order valence-corrected chi connectivity index (χ4v) is 3.38. The number of halogens is 3. The molecule has 0 aliphatic carbocycles. The molecule has 2 rings (SSSR count). The summed E-state index contributed by atoms with van der Waals surface area (Å²) in [5.41, 5.74) is -0.191. The van der Waals surface area contributed by atoms with Gasteiger partial charge in [-0.2, -0.15) is 0 Å². The van der Waals surface area contributed by atoms with Crippen molar-refractivity contribution in [3.8, 4) is 0 Å². The van der Waals surface area contributed by atoms with E-state index in [-0.39, 0.29) is 10.6 Å². The Morgan fingerprint density at radius 2 is 2.05 bits per heavy atom. The third-order valence-electron chi connectivity index (χ3n) is 4.49. The van der Waals surface area contributed by atoms with Gasteiger partial charge < -0.3 is 5.11 Å². The summed E-state index contributed by atoms with van der Waals surface area (Å²) in [6.07, 6.45) is 2.12. The smallest absolute Gasteiger partial charge is 0.148 e. The van der Waals surface area contributed by atoms with Crippen molar-refractivity contribution in [3.05, 3.63) is 33.0 Å². The van der Waals surface area contributed by atoms with Crippen LogP contribution in [0, 0.1) is 5.82 Å². The van der Waals surface area contributed by atoms with Crippen LogP contribution in [-0.4, -0.2) is 28.6 Å². The number of benzene rings is 1. The van der Waals surface area contributed by atoms with Crippen molar-refractivity contribution < 1.29 is 9.50 Å². The lowest BCUT2D eigenvalue weighted by Crippen LogP contribution is -2.49. The van der Waals surface area contributed by atoms with Gasteiger partial charge in [-0.1, -0.05) is 24.6 Å². The highest BCUT2D eigenvalue weighted by molar-refractivity contribution is 9.10. The molecule has 0 bridgehead atoms. The molecule has 1 N–H and O–H groups in total. The first-order valence-electron chi connectivity index (χ1n) is 6.98. The van der Waals surface area contributed by atoms with Crippen LogP contribution in [0.2, 0.25) is 5.02 Å². The first-order valence-corrected chi connectivity index (χ1v) is 8.15. The molecule has 5 heteroatoms. The Morgan fingerprint density at radius 3 is 2.60 bits per heavy atom. The molecule has 0 aromatic heterocycles. The third-order valence-corrected chi connectivity index (χ3v) is 5.75. The third kappa shape index (κ3) is 2.76. The monoisotopic (exact) mass is 363 g/mol. The number of hydrogen-bond acceptors (Lipinski definition) is 2. The van der Waals surface area contributed by atoms with E-state index in [4.69, 9.17) is 11.6 Å². The molecule has 1 aromatic carbocycles. The largest absolute Gasteiger partial charge is 0.386 e. The summed E-state index contributed by atoms with van der Waals surface area (Å²) in [7, 11) is 0. The standard InChI is InChI=1S/C15H20BrClFNO/c1-3-15(2,19-8-4-5-9-19)14(20)10-6-7-11(16)12(17)13(10)18/h6-7,14,20H,3-5,8-9H2,1-2H3. The lowest BCUT2D eigenvalue weighted by Gasteiger charge is -2.42. The summed E-state index contributed by atoms with van der Waals surface area (Å²) in [6.45, 7) is 5.93. The van der Waals surface area contributed by atoms with Crippen molar-refractivity contribution in [1.82, 2.24) is 4.90 Å². The van der Waals surface area contributed by atoms with Gasteiger partial charge >= 0.3 is 0 Å². The molecule has 1 heterocycles. The molecule has 20 heavy (non-hydrogen) atoms. The van der Waals surface area contributed by atoms with E-state index in [1.54, 1.807) is 12.1 Å². The van der Waals surface area contributed by atoms with E-state index in [2.05, 4.69) is 20.8 Å². The fraction of sp³-hybridized carbons (Fsp3) is 0.600. The molecule has 1 saturated heterocycles. The zero-order chi connectivity index (χ0) is 14.9. The number of nitrogens with zero attached hydrogens (tertiary/aromatic N) is 1. The zero-order valence-corrected chi connectivity index (χ0v) is 14.1. The summed E-state index contributed by atoms with van der Waals surface area (Å²) >= 11 is 9.13. The van der Waals surface area contributed by atoms with Gasteiger partial charge in [-0.15, -0.1) is 0 Å². The summed E-state index contributed by atoms with van der Waals surface area (Å²) in [4.78, 5) is 2.26. The van der Waals surface area contributed by atoms with Crippen LogP contribution >= 0.6 is 27.5 Å². The SMILES string of the molecule is CCC(C)(C(O)c1ccc(Br)c(Cl)c1F)N1CCCC1. The highest BCUT2D eigenvalue weighted by Gasteiger charge is 2.40. The molecule has 1 aromatic rings. The van der Waals surface area contributed by atoms with Crippen molar-refractivity contribution in [2.75, 3.05) is 13.1 Å². The number of rotatable bonds is 4. The second-order valence-corrected chi connectivity index (χ2v) is 6.80. The Hall–Kier alpha value is -0.160. The summed E-state index contributed by atoms with van der Waals surface area (Å²) in [5, 5.41) is 10.8. The number of hydrogen-bond donors (Lipinski definition) is 1. The molecular formula is C15H20BrClFNO. The van der Waals surface area contributed by atoms with Crippen molar-refractivity contribution in [2.24, 2.45) is 0 Å². The van der Waals surface area contributed by atoms with Crippen molar-refractivity contribution in [3.63, 3.8) is 0 Å². The topological polar surface area (TPSA) is 23.5 Å². The predicted molar refractivity (Wildman–Crippen MR) is 83.6 cm³/mol. The molecule has 2 atom stereocenters. The van der Waals surface area contributed by atoms with Crippen LogP contribution in [0.3, 0.4) is 0 Å². The number of aliphatic hydroxyl groups is 1. The minimum Gasteiger partial charge on any atom is -0.386 e.